The van der Waals surface area contributed by atoms with E-state index in [2.05, 4.69) is 5.32 Å². The summed E-state index contributed by atoms with van der Waals surface area (Å²) >= 11 is 2.75. The third kappa shape index (κ3) is 4.94. The number of fused-ring (bicyclic) bond motifs is 1. The van der Waals surface area contributed by atoms with E-state index < -0.39 is 29.6 Å². The highest BCUT2D eigenvalue weighted by Gasteiger charge is 2.25. The number of carbonyl (C=O) groups is 3. The zero-order valence-electron chi connectivity index (χ0n) is 15.5. The highest BCUT2D eigenvalue weighted by Crippen LogP contribution is 2.37. The van der Waals surface area contributed by atoms with Crippen LogP contribution >= 0.6 is 23.1 Å². The number of thioether (sulfide) groups is 1. The number of nitrogens with two attached hydrogens (primary N) is 1. The van der Waals surface area contributed by atoms with Gasteiger partial charge < -0.3 is 15.8 Å². The van der Waals surface area contributed by atoms with Crippen molar-refractivity contribution in [3.63, 3.8) is 0 Å². The van der Waals surface area contributed by atoms with Crippen LogP contribution in [0.1, 0.15) is 40.6 Å². The Labute approximate surface area is 171 Å². The maximum Gasteiger partial charge on any atom is 0.319 e. The van der Waals surface area contributed by atoms with Crippen LogP contribution in [-0.2, 0) is 27.2 Å². The Morgan fingerprint density at radius 2 is 1.93 bits per heavy atom. The van der Waals surface area contributed by atoms with Gasteiger partial charge in [0.2, 0.25) is 0 Å². The quantitative estimate of drug-likeness (QED) is 0.530. The average Bonchev–Trinajstić information content (AvgIpc) is 3.04. The number of hydrogen-bond donors (Lipinski definition) is 2. The Kier molecular flexibility index (Phi) is 6.74. The molecule has 1 heterocycles. The normalized spacial score (nSPS) is 14.0. The fraction of sp³-hybridized carbons (Fsp3) is 0.350. The van der Waals surface area contributed by atoms with Crippen LogP contribution in [-0.4, -0.2) is 29.6 Å². The molecule has 2 amide bonds. The minimum Gasteiger partial charge on any atom is -0.455 e. The molecule has 0 saturated heterocycles. The lowest BCUT2D eigenvalue weighted by molar-refractivity contribution is -0.146. The van der Waals surface area contributed by atoms with Gasteiger partial charge in [-0.05, 0) is 50.3 Å². The molecule has 1 aliphatic rings. The number of nitrogens with one attached hydrogen (secondary N) is 1. The number of carbonyl (C=O) groups excluding carboxylic acids is 3. The van der Waals surface area contributed by atoms with E-state index in [9.17, 15) is 14.4 Å². The van der Waals surface area contributed by atoms with Crippen LogP contribution in [0.5, 0.6) is 0 Å². The van der Waals surface area contributed by atoms with Gasteiger partial charge in [0.1, 0.15) is 10.3 Å². The molecule has 0 saturated carbocycles. The predicted octanol–water partition coefficient (Wildman–Crippen LogP) is 3.39. The standard InChI is InChI=1S/C20H22N2O4S2/c1-12(27-13-7-3-2-4-8-13)20(25)26-11-16(23)22-19-17(18(21)24)14-9-5-6-10-15(14)28-19/h2-4,7-8,12H,5-6,9-11H2,1H3,(H2,21,24)(H,22,23)/t12-/m1/s1. The summed E-state index contributed by atoms with van der Waals surface area (Å²) < 4.78 is 5.13. The number of aryl methyl sites for hydroxylation is 1. The summed E-state index contributed by atoms with van der Waals surface area (Å²) in [5, 5.41) is 2.70. The molecule has 0 bridgehead atoms. The monoisotopic (exact) mass is 418 g/mol. The van der Waals surface area contributed by atoms with Gasteiger partial charge in [-0.25, -0.2) is 0 Å². The van der Waals surface area contributed by atoms with Crippen LogP contribution in [0, 0.1) is 0 Å². The SMILES string of the molecule is C[C@@H](Sc1ccccc1)C(=O)OCC(=O)Nc1sc2c(c1C(N)=O)CCCC2. The van der Waals surface area contributed by atoms with Crippen molar-refractivity contribution in [3.05, 3.63) is 46.3 Å². The van der Waals surface area contributed by atoms with Crippen LogP contribution in [0.15, 0.2) is 35.2 Å². The van der Waals surface area contributed by atoms with E-state index in [-0.39, 0.29) is 0 Å². The van der Waals surface area contributed by atoms with E-state index in [4.69, 9.17) is 10.5 Å². The topological polar surface area (TPSA) is 98.5 Å². The number of hydrogen-bond acceptors (Lipinski definition) is 6. The zero-order valence-corrected chi connectivity index (χ0v) is 17.2. The molecule has 148 valence electrons. The Morgan fingerprint density at radius 3 is 2.64 bits per heavy atom. The van der Waals surface area contributed by atoms with E-state index in [0.717, 1.165) is 41.0 Å². The van der Waals surface area contributed by atoms with Crippen LogP contribution in [0.3, 0.4) is 0 Å². The molecule has 0 spiro atoms. The van der Waals surface area contributed by atoms with Crippen molar-refractivity contribution >= 4 is 45.9 Å². The van der Waals surface area contributed by atoms with Crippen molar-refractivity contribution in [2.75, 3.05) is 11.9 Å². The van der Waals surface area contributed by atoms with E-state index in [1.165, 1.54) is 23.1 Å². The van der Waals surface area contributed by atoms with Crippen molar-refractivity contribution in [1.29, 1.82) is 0 Å². The van der Waals surface area contributed by atoms with E-state index in [1.807, 2.05) is 30.3 Å². The van der Waals surface area contributed by atoms with Gasteiger partial charge in [0.25, 0.3) is 11.8 Å². The molecule has 1 aliphatic carbocycles. The van der Waals surface area contributed by atoms with E-state index >= 15 is 0 Å². The summed E-state index contributed by atoms with van der Waals surface area (Å²) in [5.74, 6) is -1.49. The number of amides is 2. The molecule has 0 fully saturated rings. The molecule has 0 radical (unpaired) electrons. The first kappa shape index (κ1) is 20.4. The van der Waals surface area contributed by atoms with Gasteiger partial charge in [-0.2, -0.15) is 0 Å². The lowest BCUT2D eigenvalue weighted by atomic mass is 9.95. The molecule has 3 N–H and O–H groups in total. The minimum absolute atomic E-state index is 0.396. The summed E-state index contributed by atoms with van der Waals surface area (Å²) in [6, 6.07) is 9.51. The van der Waals surface area contributed by atoms with Gasteiger partial charge in [-0.15, -0.1) is 23.1 Å². The lowest BCUT2D eigenvalue weighted by Crippen LogP contribution is -2.25. The molecular formula is C20H22N2O4S2. The maximum absolute atomic E-state index is 12.2. The molecule has 6 nitrogen and oxygen atoms in total. The van der Waals surface area contributed by atoms with E-state index in [1.54, 1.807) is 6.92 Å². The Bertz CT molecular complexity index is 880. The molecule has 8 heteroatoms. The fourth-order valence-electron chi connectivity index (χ4n) is 3.08. The third-order valence-corrected chi connectivity index (χ3v) is 6.70. The van der Waals surface area contributed by atoms with Crippen molar-refractivity contribution in [3.8, 4) is 0 Å². The van der Waals surface area contributed by atoms with Crippen LogP contribution in [0.25, 0.3) is 0 Å². The van der Waals surface area contributed by atoms with Gasteiger partial charge >= 0.3 is 5.97 Å². The number of rotatable bonds is 7. The fourth-order valence-corrected chi connectivity index (χ4v) is 5.28. The second-order valence-corrected chi connectivity index (χ2v) is 9.03. The average molecular weight is 419 g/mol. The summed E-state index contributed by atoms with van der Waals surface area (Å²) in [5.41, 5.74) is 6.87. The first-order chi connectivity index (χ1) is 13.5. The van der Waals surface area contributed by atoms with Crippen molar-refractivity contribution in [2.24, 2.45) is 5.73 Å². The number of primary amides is 1. The highest BCUT2D eigenvalue weighted by molar-refractivity contribution is 8.00. The summed E-state index contributed by atoms with van der Waals surface area (Å²) in [7, 11) is 0. The second kappa shape index (κ2) is 9.25. The summed E-state index contributed by atoms with van der Waals surface area (Å²) in [4.78, 5) is 38.3. The summed E-state index contributed by atoms with van der Waals surface area (Å²) in [6.07, 6.45) is 3.75. The maximum atomic E-state index is 12.2. The molecule has 0 unspecified atom stereocenters. The molecule has 1 atom stereocenters. The van der Waals surface area contributed by atoms with Crippen molar-refractivity contribution in [1.82, 2.24) is 0 Å². The van der Waals surface area contributed by atoms with Gasteiger partial charge in [0.05, 0.1) is 5.56 Å². The van der Waals surface area contributed by atoms with Gasteiger partial charge in [-0.3, -0.25) is 14.4 Å². The van der Waals surface area contributed by atoms with Crippen LogP contribution in [0.2, 0.25) is 0 Å². The van der Waals surface area contributed by atoms with Gasteiger partial charge in [-0.1, -0.05) is 18.2 Å². The number of esters is 1. The largest absolute Gasteiger partial charge is 0.455 e. The first-order valence-corrected chi connectivity index (χ1v) is 10.8. The Balaban J connectivity index is 1.56. The molecular weight excluding hydrogens is 396 g/mol. The molecule has 28 heavy (non-hydrogen) atoms. The van der Waals surface area contributed by atoms with E-state index in [0.29, 0.717) is 10.6 Å². The highest BCUT2D eigenvalue weighted by atomic mass is 32.2. The minimum atomic E-state index is -0.542. The third-order valence-electron chi connectivity index (χ3n) is 4.40. The molecule has 2 aromatic rings. The number of thiophene rings is 1. The smallest absolute Gasteiger partial charge is 0.319 e. The molecule has 1 aromatic carbocycles. The zero-order chi connectivity index (χ0) is 20.1. The van der Waals surface area contributed by atoms with Gasteiger partial charge in [0.15, 0.2) is 6.61 Å². The number of benzene rings is 1. The Morgan fingerprint density at radius 1 is 1.21 bits per heavy atom. The number of anilines is 1. The molecule has 0 aliphatic heterocycles. The van der Waals surface area contributed by atoms with Crippen LogP contribution in [0.4, 0.5) is 5.00 Å². The van der Waals surface area contributed by atoms with Crippen molar-refractivity contribution in [2.45, 2.75) is 42.8 Å². The van der Waals surface area contributed by atoms with Crippen LogP contribution < -0.4 is 11.1 Å². The molecule has 3 rings (SSSR count). The Hall–Kier alpha value is -2.32. The van der Waals surface area contributed by atoms with Crippen molar-refractivity contribution < 1.29 is 19.1 Å². The predicted molar refractivity (Wildman–Crippen MR) is 111 cm³/mol. The molecule has 1 aromatic heterocycles. The lowest BCUT2D eigenvalue weighted by Gasteiger charge is -2.12. The second-order valence-electron chi connectivity index (χ2n) is 6.51. The summed E-state index contributed by atoms with van der Waals surface area (Å²) in [6.45, 7) is 1.33. The first-order valence-electron chi connectivity index (χ1n) is 9.08. The van der Waals surface area contributed by atoms with Gasteiger partial charge in [0, 0.05) is 9.77 Å². The number of ether oxygens (including phenoxy) is 1.